The van der Waals surface area contributed by atoms with E-state index in [1.54, 1.807) is 11.9 Å². The first-order chi connectivity index (χ1) is 11.2. The minimum absolute atomic E-state index is 0.0403. The van der Waals surface area contributed by atoms with Crippen LogP contribution in [0.5, 0.6) is 0 Å². The Morgan fingerprint density at radius 3 is 2.65 bits per heavy atom. The molecule has 1 aromatic rings. The number of benzene rings is 1. The summed E-state index contributed by atoms with van der Waals surface area (Å²) < 4.78 is 5.60. The van der Waals surface area contributed by atoms with Crippen LogP contribution < -0.4 is 5.32 Å². The van der Waals surface area contributed by atoms with Crippen molar-refractivity contribution in [2.24, 2.45) is 5.92 Å². The summed E-state index contributed by atoms with van der Waals surface area (Å²) in [7, 11) is 1.74. The zero-order chi connectivity index (χ0) is 16.2. The van der Waals surface area contributed by atoms with E-state index < -0.39 is 6.10 Å². The van der Waals surface area contributed by atoms with Crippen LogP contribution in [0, 0.1) is 5.92 Å². The molecule has 1 saturated carbocycles. The number of nitrogens with zero attached hydrogens (tertiary/aromatic N) is 1. The summed E-state index contributed by atoms with van der Waals surface area (Å²) in [6.07, 6.45) is 4.23. The lowest BCUT2D eigenvalue weighted by Gasteiger charge is -2.38. The minimum Gasteiger partial charge on any atom is -0.356 e. The van der Waals surface area contributed by atoms with Gasteiger partial charge in [0.25, 0.3) is 5.91 Å². The molecule has 0 bridgehead atoms. The van der Waals surface area contributed by atoms with Crippen molar-refractivity contribution in [3.63, 3.8) is 0 Å². The average molecular weight is 316 g/mol. The normalized spacial score (nSPS) is 25.6. The summed E-state index contributed by atoms with van der Waals surface area (Å²) in [5, 5.41) is 3.03. The van der Waals surface area contributed by atoms with Crippen LogP contribution >= 0.6 is 0 Å². The van der Waals surface area contributed by atoms with Crippen molar-refractivity contribution in [2.75, 3.05) is 20.2 Å². The summed E-state index contributed by atoms with van der Waals surface area (Å²) in [6.45, 7) is 0.666. The van der Waals surface area contributed by atoms with Gasteiger partial charge in [0.15, 0.2) is 6.10 Å². The molecule has 1 heterocycles. The van der Waals surface area contributed by atoms with Crippen molar-refractivity contribution in [3.05, 3.63) is 35.9 Å². The van der Waals surface area contributed by atoms with E-state index in [0.717, 1.165) is 5.56 Å². The first-order valence-electron chi connectivity index (χ1n) is 8.36. The van der Waals surface area contributed by atoms with Gasteiger partial charge < -0.3 is 15.0 Å². The van der Waals surface area contributed by atoms with Crippen LogP contribution in [-0.4, -0.2) is 43.0 Å². The number of amides is 2. The second-order valence-electron chi connectivity index (χ2n) is 6.49. The van der Waals surface area contributed by atoms with Gasteiger partial charge in [-0.05, 0) is 24.3 Å². The number of ether oxygens (including phenoxy) is 1. The van der Waals surface area contributed by atoms with Crippen LogP contribution in [-0.2, 0) is 14.3 Å². The molecule has 1 aliphatic heterocycles. The molecule has 2 fully saturated rings. The number of carbonyl (C=O) groups excluding carboxylic acids is 2. The monoisotopic (exact) mass is 316 g/mol. The zero-order valence-electron chi connectivity index (χ0n) is 13.5. The molecule has 1 aromatic carbocycles. The third-order valence-corrected chi connectivity index (χ3v) is 4.92. The van der Waals surface area contributed by atoms with E-state index in [1.807, 2.05) is 30.3 Å². The summed E-state index contributed by atoms with van der Waals surface area (Å²) in [5.41, 5.74) is 0.920. The van der Waals surface area contributed by atoms with Crippen LogP contribution in [0.15, 0.2) is 30.3 Å². The standard InChI is InChI=1S/C18H24N2O3/c1-20-15(21)12-23-17(16(20)14-9-3-2-4-10-14)18(22)19-11-13-7-5-6-8-13/h2-4,9-10,13,16-17H,5-8,11-12H2,1H3,(H,19,22)/t16-,17+/m0/s1. The van der Waals surface area contributed by atoms with Crippen molar-refractivity contribution in [1.82, 2.24) is 10.2 Å². The third-order valence-electron chi connectivity index (χ3n) is 4.92. The molecule has 0 spiro atoms. The third kappa shape index (κ3) is 3.55. The van der Waals surface area contributed by atoms with E-state index in [9.17, 15) is 9.59 Å². The molecule has 1 saturated heterocycles. The molecular formula is C18H24N2O3. The SMILES string of the molecule is CN1C(=O)CO[C@@H](C(=O)NCC2CCCC2)[C@@H]1c1ccccc1. The molecule has 2 atom stereocenters. The molecule has 1 N–H and O–H groups in total. The molecular weight excluding hydrogens is 292 g/mol. The lowest BCUT2D eigenvalue weighted by molar-refractivity contribution is -0.162. The number of hydrogen-bond acceptors (Lipinski definition) is 3. The van der Waals surface area contributed by atoms with Gasteiger partial charge in [0.2, 0.25) is 5.91 Å². The number of morpholine rings is 1. The Hall–Kier alpha value is -1.88. The summed E-state index contributed by atoms with van der Waals surface area (Å²) in [5.74, 6) is 0.362. The zero-order valence-corrected chi connectivity index (χ0v) is 13.5. The van der Waals surface area contributed by atoms with Gasteiger partial charge in [-0.25, -0.2) is 0 Å². The molecule has 5 nitrogen and oxygen atoms in total. The molecule has 5 heteroatoms. The van der Waals surface area contributed by atoms with Gasteiger partial charge in [-0.1, -0.05) is 43.2 Å². The fourth-order valence-electron chi connectivity index (χ4n) is 3.54. The predicted octanol–water partition coefficient (Wildman–Crippen LogP) is 1.89. The molecule has 0 aromatic heterocycles. The lowest BCUT2D eigenvalue weighted by atomic mass is 9.97. The van der Waals surface area contributed by atoms with Gasteiger partial charge in [0.1, 0.15) is 6.61 Å². The Labute approximate surface area is 137 Å². The quantitative estimate of drug-likeness (QED) is 0.923. The van der Waals surface area contributed by atoms with E-state index in [2.05, 4.69) is 5.32 Å². The van der Waals surface area contributed by atoms with E-state index in [1.165, 1.54) is 25.7 Å². The molecule has 2 aliphatic rings. The van der Waals surface area contributed by atoms with Crippen LogP contribution in [0.3, 0.4) is 0 Å². The van der Waals surface area contributed by atoms with Crippen LogP contribution in [0.1, 0.15) is 37.3 Å². The molecule has 1 aliphatic carbocycles. The molecule has 3 rings (SSSR count). The Morgan fingerprint density at radius 1 is 1.26 bits per heavy atom. The van der Waals surface area contributed by atoms with Gasteiger partial charge in [-0.2, -0.15) is 0 Å². The summed E-state index contributed by atoms with van der Waals surface area (Å²) in [6, 6.07) is 9.23. The first kappa shape index (κ1) is 16.0. The van der Waals surface area contributed by atoms with Crippen LogP contribution in [0.25, 0.3) is 0 Å². The van der Waals surface area contributed by atoms with Crippen molar-refractivity contribution < 1.29 is 14.3 Å². The predicted molar refractivity (Wildman–Crippen MR) is 86.7 cm³/mol. The number of rotatable bonds is 4. The summed E-state index contributed by atoms with van der Waals surface area (Å²) in [4.78, 5) is 26.2. The molecule has 0 unspecified atom stereocenters. The number of nitrogens with one attached hydrogen (secondary N) is 1. The van der Waals surface area contributed by atoms with E-state index in [4.69, 9.17) is 4.74 Å². The number of likely N-dealkylation sites (N-methyl/N-ethyl adjacent to an activating group) is 1. The van der Waals surface area contributed by atoms with Gasteiger partial charge in [-0.15, -0.1) is 0 Å². The highest BCUT2D eigenvalue weighted by molar-refractivity contribution is 5.86. The van der Waals surface area contributed by atoms with E-state index >= 15 is 0 Å². The molecule has 2 amide bonds. The van der Waals surface area contributed by atoms with Crippen LogP contribution in [0.2, 0.25) is 0 Å². The minimum atomic E-state index is -0.651. The molecule has 23 heavy (non-hydrogen) atoms. The maximum Gasteiger partial charge on any atom is 0.251 e. The largest absolute Gasteiger partial charge is 0.356 e. The first-order valence-corrected chi connectivity index (χ1v) is 8.36. The number of carbonyl (C=O) groups is 2. The molecule has 0 radical (unpaired) electrons. The Kier molecular flexibility index (Phi) is 4.96. The second kappa shape index (κ2) is 7.13. The van der Waals surface area contributed by atoms with Gasteiger partial charge in [-0.3, -0.25) is 9.59 Å². The Balaban J connectivity index is 1.72. The fraction of sp³-hybridized carbons (Fsp3) is 0.556. The topological polar surface area (TPSA) is 58.6 Å². The highest BCUT2D eigenvalue weighted by Crippen LogP contribution is 2.29. The average Bonchev–Trinajstić information content (AvgIpc) is 3.09. The maximum atomic E-state index is 12.6. The highest BCUT2D eigenvalue weighted by atomic mass is 16.5. The van der Waals surface area contributed by atoms with Crippen molar-refractivity contribution in [2.45, 2.75) is 37.8 Å². The maximum absolute atomic E-state index is 12.6. The van der Waals surface area contributed by atoms with Crippen molar-refractivity contribution in [1.29, 1.82) is 0 Å². The van der Waals surface area contributed by atoms with Crippen LogP contribution in [0.4, 0.5) is 0 Å². The Morgan fingerprint density at radius 2 is 1.96 bits per heavy atom. The Bertz CT molecular complexity index is 555. The molecule has 124 valence electrons. The smallest absolute Gasteiger partial charge is 0.251 e. The van der Waals surface area contributed by atoms with Gasteiger partial charge in [0.05, 0.1) is 6.04 Å². The van der Waals surface area contributed by atoms with Gasteiger partial charge >= 0.3 is 0 Å². The summed E-state index contributed by atoms with van der Waals surface area (Å²) >= 11 is 0. The highest BCUT2D eigenvalue weighted by Gasteiger charge is 2.40. The van der Waals surface area contributed by atoms with E-state index in [-0.39, 0.29) is 24.5 Å². The van der Waals surface area contributed by atoms with Gasteiger partial charge in [0, 0.05) is 13.6 Å². The van der Waals surface area contributed by atoms with Crippen molar-refractivity contribution in [3.8, 4) is 0 Å². The second-order valence-corrected chi connectivity index (χ2v) is 6.49. The number of hydrogen-bond donors (Lipinski definition) is 1. The van der Waals surface area contributed by atoms with Crippen molar-refractivity contribution >= 4 is 11.8 Å². The lowest BCUT2D eigenvalue weighted by Crippen LogP contribution is -2.53. The fourth-order valence-corrected chi connectivity index (χ4v) is 3.54. The van der Waals surface area contributed by atoms with E-state index in [0.29, 0.717) is 12.5 Å².